The molecule has 1 aromatic rings. The largest absolute Gasteiger partial charge is 0.326 e. The minimum atomic E-state index is -0.116. The lowest BCUT2D eigenvalue weighted by molar-refractivity contribution is -0.130. The van der Waals surface area contributed by atoms with E-state index in [-0.39, 0.29) is 17.7 Å². The summed E-state index contributed by atoms with van der Waals surface area (Å²) in [6, 6.07) is 7.23. The first-order chi connectivity index (χ1) is 8.11. The number of nitrogens with zero attached hydrogens (tertiary/aromatic N) is 1. The topological polar surface area (TPSA) is 63.4 Å². The van der Waals surface area contributed by atoms with Crippen molar-refractivity contribution >= 4 is 17.5 Å². The van der Waals surface area contributed by atoms with E-state index in [1.807, 2.05) is 19.1 Å². The number of rotatable bonds is 2. The Hall–Kier alpha value is -1.68. The number of hydrogen-bond acceptors (Lipinski definition) is 3. The minimum absolute atomic E-state index is 0.116. The number of hydrogen-bond donors (Lipinski definition) is 1. The lowest BCUT2D eigenvalue weighted by atomic mass is 9.97. The SMILES string of the molecule is CC1CC(=O)N(c2ccc(CN)cc2)C(=O)C1. The molecule has 0 atom stereocenters. The van der Waals surface area contributed by atoms with Gasteiger partial charge in [0.05, 0.1) is 5.69 Å². The lowest BCUT2D eigenvalue weighted by Crippen LogP contribution is -2.42. The summed E-state index contributed by atoms with van der Waals surface area (Å²) in [6.45, 7) is 2.38. The molecule has 1 saturated heterocycles. The molecule has 0 radical (unpaired) electrons. The summed E-state index contributed by atoms with van der Waals surface area (Å²) in [5.74, 6) is -0.0851. The molecule has 1 fully saturated rings. The summed E-state index contributed by atoms with van der Waals surface area (Å²) in [5, 5.41) is 0. The van der Waals surface area contributed by atoms with E-state index >= 15 is 0 Å². The van der Waals surface area contributed by atoms with Crippen LogP contribution in [0.15, 0.2) is 24.3 Å². The van der Waals surface area contributed by atoms with Crippen molar-refractivity contribution in [2.45, 2.75) is 26.3 Å². The Labute approximate surface area is 100 Å². The second-order valence-electron chi connectivity index (χ2n) is 4.51. The monoisotopic (exact) mass is 232 g/mol. The highest BCUT2D eigenvalue weighted by molar-refractivity contribution is 6.16. The van der Waals surface area contributed by atoms with Gasteiger partial charge in [-0.2, -0.15) is 0 Å². The van der Waals surface area contributed by atoms with Gasteiger partial charge in [-0.25, -0.2) is 0 Å². The molecule has 0 saturated carbocycles. The van der Waals surface area contributed by atoms with Crippen LogP contribution in [-0.2, 0) is 16.1 Å². The van der Waals surface area contributed by atoms with Gasteiger partial charge < -0.3 is 5.73 Å². The fourth-order valence-electron chi connectivity index (χ4n) is 2.06. The quantitative estimate of drug-likeness (QED) is 0.785. The van der Waals surface area contributed by atoms with Crippen LogP contribution in [-0.4, -0.2) is 11.8 Å². The average Bonchev–Trinajstić information content (AvgIpc) is 2.28. The van der Waals surface area contributed by atoms with Crippen molar-refractivity contribution in [3.05, 3.63) is 29.8 Å². The van der Waals surface area contributed by atoms with Gasteiger partial charge in [0.2, 0.25) is 11.8 Å². The smallest absolute Gasteiger partial charge is 0.234 e. The molecule has 0 unspecified atom stereocenters. The van der Waals surface area contributed by atoms with Gasteiger partial charge in [0.25, 0.3) is 0 Å². The van der Waals surface area contributed by atoms with E-state index in [4.69, 9.17) is 5.73 Å². The Bertz CT molecular complexity index is 421. The molecule has 0 aromatic heterocycles. The predicted octanol–water partition coefficient (Wildman–Crippen LogP) is 1.43. The molecule has 1 aliphatic heterocycles. The number of carbonyl (C=O) groups excluding carboxylic acids is 2. The van der Waals surface area contributed by atoms with Gasteiger partial charge in [0.1, 0.15) is 0 Å². The van der Waals surface area contributed by atoms with E-state index in [2.05, 4.69) is 0 Å². The summed E-state index contributed by atoms with van der Waals surface area (Å²) < 4.78 is 0. The number of imide groups is 1. The van der Waals surface area contributed by atoms with E-state index in [9.17, 15) is 9.59 Å². The van der Waals surface area contributed by atoms with Crippen molar-refractivity contribution < 1.29 is 9.59 Å². The van der Waals surface area contributed by atoms with Gasteiger partial charge in [-0.05, 0) is 23.6 Å². The molecule has 0 spiro atoms. The van der Waals surface area contributed by atoms with Crippen molar-refractivity contribution in [2.24, 2.45) is 11.7 Å². The third kappa shape index (κ3) is 2.36. The summed E-state index contributed by atoms with van der Waals surface area (Å²) in [6.07, 6.45) is 0.870. The van der Waals surface area contributed by atoms with Gasteiger partial charge in [-0.15, -0.1) is 0 Å². The molecule has 1 aliphatic rings. The molecule has 4 heteroatoms. The molecule has 0 bridgehead atoms. The van der Waals surface area contributed by atoms with E-state index in [0.29, 0.717) is 25.1 Å². The first-order valence-electron chi connectivity index (χ1n) is 5.76. The summed E-state index contributed by atoms with van der Waals surface area (Å²) >= 11 is 0. The van der Waals surface area contributed by atoms with Crippen LogP contribution in [0.1, 0.15) is 25.3 Å². The first kappa shape index (κ1) is 11.8. The molecular formula is C13H16N2O2. The zero-order valence-electron chi connectivity index (χ0n) is 9.85. The van der Waals surface area contributed by atoms with Gasteiger partial charge in [0.15, 0.2) is 0 Å². The second-order valence-corrected chi connectivity index (χ2v) is 4.51. The average molecular weight is 232 g/mol. The van der Waals surface area contributed by atoms with E-state index in [1.54, 1.807) is 12.1 Å². The molecule has 17 heavy (non-hydrogen) atoms. The van der Waals surface area contributed by atoms with Gasteiger partial charge in [-0.3, -0.25) is 14.5 Å². The summed E-state index contributed by atoms with van der Waals surface area (Å²) in [7, 11) is 0. The number of amides is 2. The molecule has 4 nitrogen and oxygen atoms in total. The lowest BCUT2D eigenvalue weighted by Gasteiger charge is -2.28. The number of nitrogens with two attached hydrogens (primary N) is 1. The van der Waals surface area contributed by atoms with E-state index in [0.717, 1.165) is 5.56 Å². The third-order valence-electron chi connectivity index (χ3n) is 2.98. The normalized spacial score (nSPS) is 17.6. The highest BCUT2D eigenvalue weighted by Gasteiger charge is 2.31. The Morgan fingerprint density at radius 2 is 1.71 bits per heavy atom. The molecule has 2 N–H and O–H groups in total. The van der Waals surface area contributed by atoms with Crippen LogP contribution in [0.4, 0.5) is 5.69 Å². The van der Waals surface area contributed by atoms with Crippen molar-refractivity contribution in [2.75, 3.05) is 4.90 Å². The van der Waals surface area contributed by atoms with Crippen molar-refractivity contribution in [1.82, 2.24) is 0 Å². The van der Waals surface area contributed by atoms with E-state index in [1.165, 1.54) is 4.90 Å². The Morgan fingerprint density at radius 3 is 2.18 bits per heavy atom. The van der Waals surface area contributed by atoms with Crippen LogP contribution in [0, 0.1) is 5.92 Å². The number of anilines is 1. The third-order valence-corrected chi connectivity index (χ3v) is 2.98. The second kappa shape index (κ2) is 4.67. The number of piperidine rings is 1. The maximum atomic E-state index is 11.9. The first-order valence-corrected chi connectivity index (χ1v) is 5.76. The standard InChI is InChI=1S/C13H16N2O2/c1-9-6-12(16)15(13(17)7-9)11-4-2-10(8-14)3-5-11/h2-5,9H,6-8,14H2,1H3. The zero-order valence-corrected chi connectivity index (χ0v) is 9.85. The molecule has 2 rings (SSSR count). The van der Waals surface area contributed by atoms with Crippen LogP contribution < -0.4 is 10.6 Å². The minimum Gasteiger partial charge on any atom is -0.326 e. The molecular weight excluding hydrogens is 216 g/mol. The van der Waals surface area contributed by atoms with Crippen molar-refractivity contribution in [3.8, 4) is 0 Å². The maximum Gasteiger partial charge on any atom is 0.234 e. The van der Waals surface area contributed by atoms with Gasteiger partial charge >= 0.3 is 0 Å². The van der Waals surface area contributed by atoms with E-state index < -0.39 is 0 Å². The number of benzene rings is 1. The van der Waals surface area contributed by atoms with Crippen LogP contribution in [0.3, 0.4) is 0 Å². The van der Waals surface area contributed by atoms with Crippen LogP contribution in [0.2, 0.25) is 0 Å². The number of carbonyl (C=O) groups is 2. The van der Waals surface area contributed by atoms with Crippen LogP contribution in [0.25, 0.3) is 0 Å². The summed E-state index contributed by atoms with van der Waals surface area (Å²) in [5.41, 5.74) is 7.13. The molecule has 90 valence electrons. The fraction of sp³-hybridized carbons (Fsp3) is 0.385. The predicted molar refractivity (Wildman–Crippen MR) is 65.2 cm³/mol. The highest BCUT2D eigenvalue weighted by Crippen LogP contribution is 2.25. The Morgan fingerprint density at radius 1 is 1.18 bits per heavy atom. The maximum absolute atomic E-state index is 11.9. The van der Waals surface area contributed by atoms with Crippen LogP contribution >= 0.6 is 0 Å². The fourth-order valence-corrected chi connectivity index (χ4v) is 2.06. The molecule has 0 aliphatic carbocycles. The van der Waals surface area contributed by atoms with Crippen LogP contribution in [0.5, 0.6) is 0 Å². The van der Waals surface area contributed by atoms with Gasteiger partial charge in [0, 0.05) is 19.4 Å². The van der Waals surface area contributed by atoms with Crippen molar-refractivity contribution in [1.29, 1.82) is 0 Å². The van der Waals surface area contributed by atoms with Gasteiger partial charge in [-0.1, -0.05) is 19.1 Å². The van der Waals surface area contributed by atoms with Crippen molar-refractivity contribution in [3.63, 3.8) is 0 Å². The molecule has 1 heterocycles. The molecule has 1 aromatic carbocycles. The zero-order chi connectivity index (χ0) is 12.4. The Balaban J connectivity index is 2.25. The highest BCUT2D eigenvalue weighted by atomic mass is 16.2. The summed E-state index contributed by atoms with van der Waals surface area (Å²) in [4.78, 5) is 25.0. The Kier molecular flexibility index (Phi) is 3.24. The molecule has 2 amide bonds.